The maximum Gasteiger partial charge on any atom is 0.328 e. The summed E-state index contributed by atoms with van der Waals surface area (Å²) in [7, 11) is 0. The molecule has 6 heteroatoms. The number of rotatable bonds is 2. The molecule has 0 unspecified atom stereocenters. The SMILES string of the molecule is O=c1ccn(C2CCN(c3ccc(Br)cc3)CC2)c(=O)[nH]1. The van der Waals surface area contributed by atoms with Crippen molar-refractivity contribution in [1.82, 2.24) is 9.55 Å². The summed E-state index contributed by atoms with van der Waals surface area (Å²) in [5, 5.41) is 0. The van der Waals surface area contributed by atoms with E-state index in [1.807, 2.05) is 12.1 Å². The molecule has 0 saturated carbocycles. The molecular formula is C15H16BrN3O2. The summed E-state index contributed by atoms with van der Waals surface area (Å²) in [5.74, 6) is 0. The van der Waals surface area contributed by atoms with Crippen molar-refractivity contribution < 1.29 is 0 Å². The topological polar surface area (TPSA) is 58.1 Å². The molecule has 1 aliphatic rings. The predicted octanol–water partition coefficient (Wildman–Crippen LogP) is 2.14. The summed E-state index contributed by atoms with van der Waals surface area (Å²) in [6.07, 6.45) is 3.38. The molecule has 5 nitrogen and oxygen atoms in total. The lowest BCUT2D eigenvalue weighted by Gasteiger charge is -2.34. The number of nitrogens with zero attached hydrogens (tertiary/aromatic N) is 2. The minimum absolute atomic E-state index is 0.154. The minimum Gasteiger partial charge on any atom is -0.371 e. The lowest BCUT2D eigenvalue weighted by Crippen LogP contribution is -2.39. The predicted molar refractivity (Wildman–Crippen MR) is 85.9 cm³/mol. The number of aromatic amines is 1. The molecule has 2 aromatic rings. The van der Waals surface area contributed by atoms with Gasteiger partial charge in [-0.15, -0.1) is 0 Å². The number of benzene rings is 1. The van der Waals surface area contributed by atoms with E-state index in [2.05, 4.69) is 37.9 Å². The molecule has 0 bridgehead atoms. The fraction of sp³-hybridized carbons (Fsp3) is 0.333. The van der Waals surface area contributed by atoms with Crippen molar-refractivity contribution in [3.05, 3.63) is 61.8 Å². The zero-order valence-corrected chi connectivity index (χ0v) is 13.0. The molecule has 1 aromatic heterocycles. The first-order valence-electron chi connectivity index (χ1n) is 6.95. The Balaban J connectivity index is 1.71. The van der Waals surface area contributed by atoms with Crippen LogP contribution in [-0.4, -0.2) is 22.6 Å². The fourth-order valence-electron chi connectivity index (χ4n) is 2.77. The first-order valence-corrected chi connectivity index (χ1v) is 7.75. The van der Waals surface area contributed by atoms with Gasteiger partial charge in [0.25, 0.3) is 5.56 Å². The molecule has 0 atom stereocenters. The van der Waals surface area contributed by atoms with Crippen molar-refractivity contribution in [1.29, 1.82) is 0 Å². The van der Waals surface area contributed by atoms with Crippen LogP contribution in [0, 0.1) is 0 Å². The number of aromatic nitrogens is 2. The van der Waals surface area contributed by atoms with E-state index in [1.54, 1.807) is 10.8 Å². The molecule has 0 amide bonds. The first-order chi connectivity index (χ1) is 10.1. The molecule has 0 spiro atoms. The van der Waals surface area contributed by atoms with Crippen molar-refractivity contribution in [2.24, 2.45) is 0 Å². The van der Waals surface area contributed by atoms with Gasteiger partial charge in [0, 0.05) is 41.6 Å². The first kappa shape index (κ1) is 14.1. The summed E-state index contributed by atoms with van der Waals surface area (Å²) in [4.78, 5) is 27.6. The second kappa shape index (κ2) is 5.89. The van der Waals surface area contributed by atoms with Gasteiger partial charge in [0.2, 0.25) is 0 Å². The Labute approximate surface area is 130 Å². The standard InChI is InChI=1S/C15H16BrN3O2/c16-11-1-3-12(4-2-11)18-8-5-13(6-9-18)19-10-7-14(20)17-15(19)21/h1-4,7,10,13H,5-6,8-9H2,(H,17,20,21). The minimum atomic E-state index is -0.344. The molecule has 1 N–H and O–H groups in total. The smallest absolute Gasteiger partial charge is 0.328 e. The van der Waals surface area contributed by atoms with Gasteiger partial charge in [-0.05, 0) is 37.1 Å². The van der Waals surface area contributed by atoms with Crippen molar-refractivity contribution in [3.63, 3.8) is 0 Å². The molecule has 2 heterocycles. The zero-order valence-electron chi connectivity index (χ0n) is 11.5. The normalized spacial score (nSPS) is 16.1. The maximum atomic E-state index is 11.8. The monoisotopic (exact) mass is 349 g/mol. The van der Waals surface area contributed by atoms with Gasteiger partial charge in [0.05, 0.1) is 0 Å². The lowest BCUT2D eigenvalue weighted by molar-refractivity contribution is 0.382. The van der Waals surface area contributed by atoms with Gasteiger partial charge in [-0.25, -0.2) is 4.79 Å². The lowest BCUT2D eigenvalue weighted by atomic mass is 10.0. The Morgan fingerprint density at radius 2 is 1.71 bits per heavy atom. The van der Waals surface area contributed by atoms with E-state index in [0.29, 0.717) is 0 Å². The average molecular weight is 350 g/mol. The van der Waals surface area contributed by atoms with Crippen LogP contribution in [0.25, 0.3) is 0 Å². The molecule has 1 fully saturated rings. The molecule has 1 aliphatic heterocycles. The van der Waals surface area contributed by atoms with Gasteiger partial charge in [0.1, 0.15) is 0 Å². The highest BCUT2D eigenvalue weighted by atomic mass is 79.9. The van der Waals surface area contributed by atoms with Crippen LogP contribution in [0.2, 0.25) is 0 Å². The number of hydrogen-bond acceptors (Lipinski definition) is 3. The summed E-state index contributed by atoms with van der Waals surface area (Å²) in [6, 6.07) is 9.82. The Bertz CT molecular complexity index is 728. The van der Waals surface area contributed by atoms with E-state index in [4.69, 9.17) is 0 Å². The average Bonchev–Trinajstić information content (AvgIpc) is 2.48. The van der Waals surface area contributed by atoms with Gasteiger partial charge >= 0.3 is 5.69 Å². The Hall–Kier alpha value is -1.82. The van der Waals surface area contributed by atoms with Gasteiger partial charge < -0.3 is 4.90 Å². The van der Waals surface area contributed by atoms with Crippen molar-refractivity contribution >= 4 is 21.6 Å². The molecule has 21 heavy (non-hydrogen) atoms. The van der Waals surface area contributed by atoms with Crippen molar-refractivity contribution in [2.75, 3.05) is 18.0 Å². The number of piperidine rings is 1. The van der Waals surface area contributed by atoms with E-state index in [9.17, 15) is 9.59 Å². The quantitative estimate of drug-likeness (QED) is 0.903. The third-order valence-corrected chi connectivity index (χ3v) is 4.43. The van der Waals surface area contributed by atoms with Gasteiger partial charge in [-0.3, -0.25) is 14.3 Å². The van der Waals surface area contributed by atoms with Crippen LogP contribution in [0.3, 0.4) is 0 Å². The Morgan fingerprint density at radius 3 is 2.33 bits per heavy atom. The molecule has 1 aromatic carbocycles. The molecule has 110 valence electrons. The van der Waals surface area contributed by atoms with Gasteiger partial charge in [-0.1, -0.05) is 15.9 Å². The highest BCUT2D eigenvalue weighted by Crippen LogP contribution is 2.26. The van der Waals surface area contributed by atoms with Crippen molar-refractivity contribution in [3.8, 4) is 0 Å². The second-order valence-electron chi connectivity index (χ2n) is 5.21. The number of anilines is 1. The molecule has 0 aliphatic carbocycles. The summed E-state index contributed by atoms with van der Waals surface area (Å²) in [5.41, 5.74) is 0.540. The summed E-state index contributed by atoms with van der Waals surface area (Å²) in [6.45, 7) is 1.80. The van der Waals surface area contributed by atoms with Crippen LogP contribution in [0.4, 0.5) is 5.69 Å². The van der Waals surface area contributed by atoms with E-state index in [0.717, 1.165) is 30.4 Å². The van der Waals surface area contributed by atoms with Crippen LogP contribution in [-0.2, 0) is 0 Å². The molecule has 1 saturated heterocycles. The Kier molecular flexibility index (Phi) is 3.96. The van der Waals surface area contributed by atoms with E-state index >= 15 is 0 Å². The number of H-pyrrole nitrogens is 1. The van der Waals surface area contributed by atoms with Crippen molar-refractivity contribution in [2.45, 2.75) is 18.9 Å². The van der Waals surface area contributed by atoms with E-state index in [-0.39, 0.29) is 17.3 Å². The number of halogens is 1. The van der Waals surface area contributed by atoms with Crippen LogP contribution in [0.1, 0.15) is 18.9 Å². The highest BCUT2D eigenvalue weighted by molar-refractivity contribution is 9.10. The van der Waals surface area contributed by atoms with E-state index < -0.39 is 0 Å². The van der Waals surface area contributed by atoms with Gasteiger partial charge in [-0.2, -0.15) is 0 Å². The van der Waals surface area contributed by atoms with Crippen LogP contribution >= 0.6 is 15.9 Å². The largest absolute Gasteiger partial charge is 0.371 e. The summed E-state index contributed by atoms with van der Waals surface area (Å²) < 4.78 is 2.71. The van der Waals surface area contributed by atoms with Gasteiger partial charge in [0.15, 0.2) is 0 Å². The van der Waals surface area contributed by atoms with Crippen LogP contribution in [0.5, 0.6) is 0 Å². The maximum absolute atomic E-state index is 11.8. The summed E-state index contributed by atoms with van der Waals surface area (Å²) >= 11 is 3.44. The third kappa shape index (κ3) is 3.10. The molecular weight excluding hydrogens is 334 g/mol. The fourth-order valence-corrected chi connectivity index (χ4v) is 3.03. The third-order valence-electron chi connectivity index (χ3n) is 3.90. The molecule has 0 radical (unpaired) electrons. The van der Waals surface area contributed by atoms with E-state index in [1.165, 1.54) is 11.8 Å². The second-order valence-corrected chi connectivity index (χ2v) is 6.13. The van der Waals surface area contributed by atoms with Crippen LogP contribution < -0.4 is 16.1 Å². The zero-order chi connectivity index (χ0) is 14.8. The Morgan fingerprint density at radius 1 is 1.05 bits per heavy atom. The molecule has 3 rings (SSSR count). The number of nitrogens with one attached hydrogen (secondary N) is 1. The number of hydrogen-bond donors (Lipinski definition) is 1. The highest BCUT2D eigenvalue weighted by Gasteiger charge is 2.21. The van der Waals surface area contributed by atoms with Crippen LogP contribution in [0.15, 0.2) is 50.6 Å².